The van der Waals surface area contributed by atoms with E-state index in [4.69, 9.17) is 4.74 Å². The van der Waals surface area contributed by atoms with E-state index in [-0.39, 0.29) is 11.7 Å². The van der Waals surface area contributed by atoms with Crippen molar-refractivity contribution in [1.82, 2.24) is 24.5 Å². The molecule has 2 atom stereocenters. The van der Waals surface area contributed by atoms with Crippen LogP contribution in [0.4, 0.5) is 5.82 Å². The summed E-state index contributed by atoms with van der Waals surface area (Å²) < 4.78 is 7.30. The van der Waals surface area contributed by atoms with E-state index in [9.17, 15) is 9.59 Å². The van der Waals surface area contributed by atoms with Gasteiger partial charge in [-0.05, 0) is 46.6 Å². The van der Waals surface area contributed by atoms with Crippen LogP contribution in [0, 0.1) is 18.8 Å². The number of esters is 1. The first-order valence-electron chi connectivity index (χ1n) is 10.0. The molecule has 31 heavy (non-hydrogen) atoms. The fourth-order valence-electron chi connectivity index (χ4n) is 4.50. The number of carbonyl (C=O) groups is 2. The van der Waals surface area contributed by atoms with Crippen LogP contribution in [0.5, 0.6) is 0 Å². The summed E-state index contributed by atoms with van der Waals surface area (Å²) >= 11 is 3.45. The van der Waals surface area contributed by atoms with Crippen LogP contribution in [0.3, 0.4) is 0 Å². The minimum atomic E-state index is -0.444. The Balaban J connectivity index is 1.29. The third-order valence-corrected chi connectivity index (χ3v) is 6.44. The van der Waals surface area contributed by atoms with Gasteiger partial charge in [0.25, 0.3) is 5.91 Å². The third-order valence-electron chi connectivity index (χ3n) is 6.00. The Morgan fingerprint density at radius 2 is 1.87 bits per heavy atom. The van der Waals surface area contributed by atoms with Gasteiger partial charge in [0.2, 0.25) is 5.82 Å². The number of pyridine rings is 2. The second kappa shape index (κ2) is 7.60. The number of hydrogen-bond donors (Lipinski definition) is 0. The Morgan fingerprint density at radius 1 is 1.13 bits per heavy atom. The topological polar surface area (TPSA) is 92.9 Å². The molecule has 3 aromatic heterocycles. The van der Waals surface area contributed by atoms with Crippen molar-refractivity contribution in [3.63, 3.8) is 0 Å². The molecule has 0 spiro atoms. The zero-order chi connectivity index (χ0) is 21.7. The summed E-state index contributed by atoms with van der Waals surface area (Å²) in [5.74, 6) is 1.11. The first-order chi connectivity index (χ1) is 14.9. The fourth-order valence-corrected chi connectivity index (χ4v) is 5.04. The average Bonchev–Trinajstić information content (AvgIpc) is 3.45. The molecular formula is C21H21BrN6O3. The highest BCUT2D eigenvalue weighted by Gasteiger charge is 2.43. The first-order valence-corrected chi connectivity index (χ1v) is 10.8. The molecule has 0 aromatic carbocycles. The minimum absolute atomic E-state index is 0.133. The largest absolute Gasteiger partial charge is 0.464 e. The van der Waals surface area contributed by atoms with Gasteiger partial charge in [-0.25, -0.2) is 19.3 Å². The zero-order valence-electron chi connectivity index (χ0n) is 17.2. The van der Waals surface area contributed by atoms with Gasteiger partial charge in [-0.15, -0.1) is 5.10 Å². The maximum absolute atomic E-state index is 13.0. The van der Waals surface area contributed by atoms with Crippen molar-refractivity contribution in [2.24, 2.45) is 11.8 Å². The Kier molecular flexibility index (Phi) is 4.88. The van der Waals surface area contributed by atoms with E-state index in [1.807, 2.05) is 30.0 Å². The van der Waals surface area contributed by atoms with E-state index in [0.717, 1.165) is 28.9 Å². The number of nitrogens with zero attached hydrogens (tertiary/aromatic N) is 6. The second-order valence-corrected chi connectivity index (χ2v) is 8.97. The molecule has 5 rings (SSSR count). The van der Waals surface area contributed by atoms with Crippen molar-refractivity contribution in [3.8, 4) is 0 Å². The van der Waals surface area contributed by atoms with Gasteiger partial charge in [0.05, 0.1) is 7.11 Å². The number of likely N-dealkylation sites (tertiary alicyclic amines) is 1. The number of fused-ring (bicyclic) bond motifs is 2. The number of ether oxygens (including phenoxy) is 1. The van der Waals surface area contributed by atoms with Gasteiger partial charge < -0.3 is 14.5 Å². The minimum Gasteiger partial charge on any atom is -0.464 e. The number of hydrogen-bond acceptors (Lipinski definition) is 7. The maximum atomic E-state index is 13.0. The molecule has 2 fully saturated rings. The predicted molar refractivity (Wildman–Crippen MR) is 116 cm³/mol. The van der Waals surface area contributed by atoms with Crippen molar-refractivity contribution < 1.29 is 14.3 Å². The van der Waals surface area contributed by atoms with Crippen molar-refractivity contribution >= 4 is 39.3 Å². The van der Waals surface area contributed by atoms with Crippen LogP contribution in [-0.2, 0) is 4.74 Å². The lowest BCUT2D eigenvalue weighted by Crippen LogP contribution is -2.34. The summed E-state index contributed by atoms with van der Waals surface area (Å²) in [6.07, 6.45) is 1.80. The Bertz CT molecular complexity index is 1180. The van der Waals surface area contributed by atoms with Crippen LogP contribution >= 0.6 is 15.9 Å². The van der Waals surface area contributed by atoms with E-state index < -0.39 is 5.97 Å². The zero-order valence-corrected chi connectivity index (χ0v) is 18.7. The summed E-state index contributed by atoms with van der Waals surface area (Å²) in [5, 5.41) is 4.39. The molecule has 2 aliphatic rings. The Labute approximate surface area is 187 Å². The highest BCUT2D eigenvalue weighted by molar-refractivity contribution is 9.10. The first kappa shape index (κ1) is 19.9. The second-order valence-electron chi connectivity index (χ2n) is 8.05. The van der Waals surface area contributed by atoms with Gasteiger partial charge in [-0.1, -0.05) is 6.07 Å². The van der Waals surface area contributed by atoms with Crippen LogP contribution < -0.4 is 4.90 Å². The standard InChI is InChI=1S/C21H21BrN6O3/c1-12-6-15(22)11-28-19(12)24-18(25-28)20(29)27-9-13-7-26(8-14(13)10-27)17-5-3-4-16(23-17)21(30)31-2/h3-6,11,13-14H,7-10H2,1-2H3. The summed E-state index contributed by atoms with van der Waals surface area (Å²) in [4.78, 5) is 37.7. The number of amides is 1. The number of carbonyl (C=O) groups excluding carboxylic acids is 2. The molecule has 2 saturated heterocycles. The van der Waals surface area contributed by atoms with Gasteiger partial charge >= 0.3 is 5.97 Å². The SMILES string of the molecule is COC(=O)c1cccc(N2CC3CN(C(=O)c4nc5c(C)cc(Br)cn5n4)CC3C2)n1. The van der Waals surface area contributed by atoms with Gasteiger partial charge in [-0.3, -0.25) is 4.79 Å². The van der Waals surface area contributed by atoms with E-state index in [2.05, 4.69) is 35.9 Å². The van der Waals surface area contributed by atoms with Gasteiger partial charge in [0.15, 0.2) is 11.3 Å². The Hall–Kier alpha value is -3.01. The number of aromatic nitrogens is 4. The molecular weight excluding hydrogens is 464 g/mol. The number of halogens is 1. The van der Waals surface area contributed by atoms with Crippen molar-refractivity contribution in [2.45, 2.75) is 6.92 Å². The molecule has 1 amide bonds. The van der Waals surface area contributed by atoms with Crippen LogP contribution in [-0.4, -0.2) is 69.6 Å². The van der Waals surface area contributed by atoms with Crippen LogP contribution in [0.2, 0.25) is 0 Å². The van der Waals surface area contributed by atoms with Crippen LogP contribution in [0.1, 0.15) is 26.7 Å². The van der Waals surface area contributed by atoms with Gasteiger partial charge in [0, 0.05) is 48.7 Å². The number of methoxy groups -OCH3 is 1. The molecule has 0 bridgehead atoms. The van der Waals surface area contributed by atoms with Crippen molar-refractivity contribution in [3.05, 3.63) is 52.0 Å². The van der Waals surface area contributed by atoms with Crippen LogP contribution in [0.15, 0.2) is 34.9 Å². The lowest BCUT2D eigenvalue weighted by molar-refractivity contribution is 0.0593. The maximum Gasteiger partial charge on any atom is 0.356 e. The van der Waals surface area contributed by atoms with Gasteiger partial charge in [0.1, 0.15) is 5.82 Å². The fraction of sp³-hybridized carbons (Fsp3) is 0.381. The molecule has 0 aliphatic carbocycles. The molecule has 0 radical (unpaired) electrons. The monoisotopic (exact) mass is 484 g/mol. The lowest BCUT2D eigenvalue weighted by Gasteiger charge is -2.22. The number of anilines is 1. The number of rotatable bonds is 3. The normalized spacial score (nSPS) is 20.4. The van der Waals surface area contributed by atoms with E-state index in [1.54, 1.807) is 16.8 Å². The van der Waals surface area contributed by atoms with Crippen LogP contribution in [0.25, 0.3) is 5.65 Å². The predicted octanol–water partition coefficient (Wildman–Crippen LogP) is 2.19. The van der Waals surface area contributed by atoms with E-state index in [1.165, 1.54) is 7.11 Å². The average molecular weight is 485 g/mol. The molecule has 3 aromatic rings. The summed E-state index contributed by atoms with van der Waals surface area (Å²) in [7, 11) is 1.35. The van der Waals surface area contributed by atoms with Gasteiger partial charge in [-0.2, -0.15) is 0 Å². The lowest BCUT2D eigenvalue weighted by atomic mass is 10.0. The highest BCUT2D eigenvalue weighted by atomic mass is 79.9. The molecule has 5 heterocycles. The summed E-state index contributed by atoms with van der Waals surface area (Å²) in [6.45, 7) is 4.85. The number of aryl methyl sites for hydroxylation is 1. The van der Waals surface area contributed by atoms with E-state index in [0.29, 0.717) is 36.3 Å². The third kappa shape index (κ3) is 3.54. The van der Waals surface area contributed by atoms with Crippen molar-refractivity contribution in [2.75, 3.05) is 38.2 Å². The Morgan fingerprint density at radius 3 is 2.58 bits per heavy atom. The summed E-state index contributed by atoms with van der Waals surface area (Å²) in [6, 6.07) is 7.32. The molecule has 0 N–H and O–H groups in total. The molecule has 9 nitrogen and oxygen atoms in total. The molecule has 2 aliphatic heterocycles. The smallest absolute Gasteiger partial charge is 0.356 e. The highest BCUT2D eigenvalue weighted by Crippen LogP contribution is 2.34. The van der Waals surface area contributed by atoms with Crippen molar-refractivity contribution in [1.29, 1.82) is 0 Å². The molecule has 2 unspecified atom stereocenters. The summed E-state index contributed by atoms with van der Waals surface area (Å²) in [5.41, 5.74) is 1.94. The molecule has 0 saturated carbocycles. The molecule has 160 valence electrons. The molecule has 10 heteroatoms. The van der Waals surface area contributed by atoms with E-state index >= 15 is 0 Å². The quantitative estimate of drug-likeness (QED) is 0.526.